The molecule has 20 heavy (non-hydrogen) atoms. The van der Waals surface area contributed by atoms with Crippen LogP contribution >= 0.6 is 11.3 Å². The molecule has 4 nitrogen and oxygen atoms in total. The lowest BCUT2D eigenvalue weighted by atomic mass is 9.98. The Hall–Kier alpha value is -1.36. The molecule has 3 rings (SSSR count). The van der Waals surface area contributed by atoms with Crippen molar-refractivity contribution in [1.82, 2.24) is 9.88 Å². The number of piperidine rings is 1. The van der Waals surface area contributed by atoms with E-state index in [9.17, 15) is 4.79 Å². The van der Waals surface area contributed by atoms with Crippen molar-refractivity contribution in [2.75, 3.05) is 19.7 Å². The Morgan fingerprint density at radius 2 is 2.50 bits per heavy atom. The highest BCUT2D eigenvalue weighted by Crippen LogP contribution is 2.30. The second-order valence-corrected chi connectivity index (χ2v) is 6.27. The predicted octanol–water partition coefficient (Wildman–Crippen LogP) is 2.72. The highest BCUT2D eigenvalue weighted by molar-refractivity contribution is 7.09. The zero-order valence-electron chi connectivity index (χ0n) is 11.8. The summed E-state index contributed by atoms with van der Waals surface area (Å²) >= 11 is 1.74. The Kier molecular flexibility index (Phi) is 4.05. The van der Waals surface area contributed by atoms with Gasteiger partial charge in [-0.3, -0.25) is 4.79 Å². The minimum Gasteiger partial charge on any atom is -0.500 e. The lowest BCUT2D eigenvalue weighted by molar-refractivity contribution is -0.128. The van der Waals surface area contributed by atoms with Crippen LogP contribution in [-0.2, 0) is 16.0 Å². The average molecular weight is 292 g/mol. The molecule has 1 amide bonds. The molecular weight excluding hydrogens is 272 g/mol. The summed E-state index contributed by atoms with van der Waals surface area (Å²) in [6.45, 7) is 4.43. The molecule has 1 aromatic heterocycles. The number of thiazole rings is 1. The largest absolute Gasteiger partial charge is 0.500 e. The average Bonchev–Trinajstić information content (AvgIpc) is 3.17. The fourth-order valence-corrected chi connectivity index (χ4v) is 3.81. The van der Waals surface area contributed by atoms with Gasteiger partial charge < -0.3 is 9.64 Å². The standard InChI is InChI=1S/C15H20N2O2S/c1-2-13-10-20-14(16-13)11-4-3-6-17(8-11)15(18)12-5-7-19-9-12/h9-11H,2-8H2,1H3/t11-/m0/s1. The molecule has 2 aliphatic heterocycles. The number of rotatable bonds is 3. The molecule has 1 aromatic rings. The number of carbonyl (C=O) groups excluding carboxylic acids is 1. The summed E-state index contributed by atoms with van der Waals surface area (Å²) in [4.78, 5) is 19.1. The van der Waals surface area contributed by atoms with Gasteiger partial charge in [-0.25, -0.2) is 4.98 Å². The van der Waals surface area contributed by atoms with Gasteiger partial charge >= 0.3 is 0 Å². The van der Waals surface area contributed by atoms with Gasteiger partial charge in [0.1, 0.15) is 0 Å². The summed E-state index contributed by atoms with van der Waals surface area (Å²) in [7, 11) is 0. The van der Waals surface area contributed by atoms with Crippen molar-refractivity contribution in [3.63, 3.8) is 0 Å². The van der Waals surface area contributed by atoms with Gasteiger partial charge in [-0.15, -0.1) is 11.3 Å². The van der Waals surface area contributed by atoms with Crippen molar-refractivity contribution in [1.29, 1.82) is 0 Å². The Bertz CT molecular complexity index is 524. The summed E-state index contributed by atoms with van der Waals surface area (Å²) < 4.78 is 5.18. The van der Waals surface area contributed by atoms with Crippen LogP contribution in [0, 0.1) is 0 Å². The van der Waals surface area contributed by atoms with Crippen LogP contribution in [0.15, 0.2) is 17.2 Å². The first-order valence-corrected chi connectivity index (χ1v) is 8.20. The van der Waals surface area contributed by atoms with Crippen LogP contribution in [0.3, 0.4) is 0 Å². The normalized spacial score (nSPS) is 22.6. The maximum atomic E-state index is 12.4. The van der Waals surface area contributed by atoms with E-state index in [1.54, 1.807) is 17.6 Å². The van der Waals surface area contributed by atoms with Gasteiger partial charge in [0.15, 0.2) is 0 Å². The molecule has 108 valence electrons. The van der Waals surface area contributed by atoms with Crippen LogP contribution in [-0.4, -0.2) is 35.5 Å². The molecular formula is C15H20N2O2S. The Labute approximate surface area is 123 Å². The number of amides is 1. The van der Waals surface area contributed by atoms with Gasteiger partial charge in [-0.1, -0.05) is 6.92 Å². The first-order chi connectivity index (χ1) is 9.78. The Balaban J connectivity index is 1.68. The van der Waals surface area contributed by atoms with Crippen LogP contribution < -0.4 is 0 Å². The minimum absolute atomic E-state index is 0.152. The molecule has 0 bridgehead atoms. The fourth-order valence-electron chi connectivity index (χ4n) is 2.78. The summed E-state index contributed by atoms with van der Waals surface area (Å²) in [5.74, 6) is 0.556. The minimum atomic E-state index is 0.152. The third-order valence-electron chi connectivity index (χ3n) is 3.98. The summed E-state index contributed by atoms with van der Waals surface area (Å²) in [6, 6.07) is 0. The molecule has 1 saturated heterocycles. The number of likely N-dealkylation sites (tertiary alicyclic amines) is 1. The van der Waals surface area contributed by atoms with E-state index in [-0.39, 0.29) is 5.91 Å². The molecule has 0 aromatic carbocycles. The zero-order valence-corrected chi connectivity index (χ0v) is 12.6. The molecule has 0 unspecified atom stereocenters. The molecule has 2 aliphatic rings. The second kappa shape index (κ2) is 5.95. The number of nitrogens with zero attached hydrogens (tertiary/aromatic N) is 2. The summed E-state index contributed by atoms with van der Waals surface area (Å²) in [5, 5.41) is 3.33. The Morgan fingerprint density at radius 3 is 3.20 bits per heavy atom. The van der Waals surface area contributed by atoms with E-state index in [0.29, 0.717) is 12.5 Å². The molecule has 0 radical (unpaired) electrons. The highest BCUT2D eigenvalue weighted by atomic mass is 32.1. The second-order valence-electron chi connectivity index (χ2n) is 5.38. The zero-order chi connectivity index (χ0) is 13.9. The molecule has 0 saturated carbocycles. The summed E-state index contributed by atoms with van der Waals surface area (Å²) in [6.07, 6.45) is 5.55. The van der Waals surface area contributed by atoms with Crippen LogP contribution in [0.5, 0.6) is 0 Å². The third-order valence-corrected chi connectivity index (χ3v) is 5.04. The lowest BCUT2D eigenvalue weighted by Gasteiger charge is -2.32. The van der Waals surface area contributed by atoms with Crippen LogP contribution in [0.1, 0.15) is 42.8 Å². The maximum absolute atomic E-state index is 12.4. The first kappa shape index (κ1) is 13.6. The van der Waals surface area contributed by atoms with Crippen LogP contribution in [0.25, 0.3) is 0 Å². The quantitative estimate of drug-likeness (QED) is 0.860. The molecule has 0 N–H and O–H groups in total. The van der Waals surface area contributed by atoms with Crippen molar-refractivity contribution in [2.45, 2.75) is 38.5 Å². The predicted molar refractivity (Wildman–Crippen MR) is 78.7 cm³/mol. The first-order valence-electron chi connectivity index (χ1n) is 7.32. The third kappa shape index (κ3) is 2.73. The number of ether oxygens (including phenoxy) is 1. The van der Waals surface area contributed by atoms with Gasteiger partial charge in [-0.05, 0) is 19.3 Å². The van der Waals surface area contributed by atoms with Gasteiger partial charge in [0.25, 0.3) is 5.91 Å². The van der Waals surface area contributed by atoms with Crippen molar-refractivity contribution in [3.8, 4) is 0 Å². The van der Waals surface area contributed by atoms with Crippen molar-refractivity contribution in [3.05, 3.63) is 27.9 Å². The monoisotopic (exact) mass is 292 g/mol. The van der Waals surface area contributed by atoms with Crippen molar-refractivity contribution in [2.24, 2.45) is 0 Å². The highest BCUT2D eigenvalue weighted by Gasteiger charge is 2.29. The number of hydrogen-bond acceptors (Lipinski definition) is 4. The molecule has 5 heteroatoms. The van der Waals surface area contributed by atoms with E-state index in [1.165, 1.54) is 10.7 Å². The molecule has 3 heterocycles. The van der Waals surface area contributed by atoms with E-state index in [1.807, 2.05) is 4.90 Å². The number of carbonyl (C=O) groups is 1. The van der Waals surface area contributed by atoms with Gasteiger partial charge in [0.05, 0.1) is 29.1 Å². The topological polar surface area (TPSA) is 42.4 Å². The lowest BCUT2D eigenvalue weighted by Crippen LogP contribution is -2.39. The number of aryl methyl sites for hydroxylation is 1. The smallest absolute Gasteiger partial charge is 0.253 e. The van der Waals surface area contributed by atoms with E-state index < -0.39 is 0 Å². The van der Waals surface area contributed by atoms with Gasteiger partial charge in [0.2, 0.25) is 0 Å². The van der Waals surface area contributed by atoms with E-state index in [0.717, 1.165) is 44.3 Å². The van der Waals surface area contributed by atoms with Crippen LogP contribution in [0.2, 0.25) is 0 Å². The van der Waals surface area contributed by atoms with Crippen LogP contribution in [0.4, 0.5) is 0 Å². The maximum Gasteiger partial charge on any atom is 0.253 e. The summed E-state index contributed by atoms with van der Waals surface area (Å²) in [5.41, 5.74) is 1.99. The van der Waals surface area contributed by atoms with Crippen molar-refractivity contribution < 1.29 is 9.53 Å². The van der Waals surface area contributed by atoms with Gasteiger partial charge in [-0.2, -0.15) is 0 Å². The Morgan fingerprint density at radius 1 is 1.60 bits per heavy atom. The van der Waals surface area contributed by atoms with Crippen molar-refractivity contribution >= 4 is 17.2 Å². The van der Waals surface area contributed by atoms with Gasteiger partial charge in [0, 0.05) is 30.8 Å². The van der Waals surface area contributed by atoms with E-state index >= 15 is 0 Å². The molecule has 0 aliphatic carbocycles. The molecule has 0 spiro atoms. The number of aromatic nitrogens is 1. The fraction of sp³-hybridized carbons (Fsp3) is 0.600. The molecule has 1 fully saturated rings. The molecule has 1 atom stereocenters. The van der Waals surface area contributed by atoms with E-state index in [4.69, 9.17) is 4.74 Å². The SMILES string of the molecule is CCc1csc([C@H]2CCCN(C(=O)C3=COCC3)C2)n1. The van der Waals surface area contributed by atoms with E-state index in [2.05, 4.69) is 17.3 Å². The number of hydrogen-bond donors (Lipinski definition) is 0.